The van der Waals surface area contributed by atoms with Gasteiger partial charge in [-0.25, -0.2) is 0 Å². The van der Waals surface area contributed by atoms with Crippen LogP contribution in [-0.2, 0) is 27.3 Å². The van der Waals surface area contributed by atoms with Crippen LogP contribution in [0, 0.1) is 25.7 Å². The molecule has 3 aromatic rings. The summed E-state index contributed by atoms with van der Waals surface area (Å²) in [6, 6.07) is 24.2. The Labute approximate surface area is 274 Å². The van der Waals surface area contributed by atoms with Crippen molar-refractivity contribution in [2.75, 3.05) is 24.6 Å². The maximum atomic E-state index is 15.0. The number of amides is 3. The number of aliphatic hydroxyl groups excluding tert-OH is 1. The zero-order chi connectivity index (χ0) is 32.0. The Kier molecular flexibility index (Phi) is 8.11. The van der Waals surface area contributed by atoms with E-state index in [2.05, 4.69) is 6.08 Å². The number of aliphatic hydroxyl groups is 1. The van der Waals surface area contributed by atoms with Crippen molar-refractivity contribution >= 4 is 35.2 Å². The van der Waals surface area contributed by atoms with Crippen molar-refractivity contribution in [2.45, 2.75) is 48.9 Å². The lowest BCUT2D eigenvalue weighted by molar-refractivity contribution is -0.144. The summed E-state index contributed by atoms with van der Waals surface area (Å²) in [5.74, 6) is -1.85. The number of carbonyl (C=O) groups is 3. The summed E-state index contributed by atoms with van der Waals surface area (Å²) in [7, 11) is 0. The lowest BCUT2D eigenvalue weighted by Gasteiger charge is -2.38. The molecule has 1 unspecified atom stereocenters. The van der Waals surface area contributed by atoms with E-state index in [-0.39, 0.29) is 29.6 Å². The molecule has 3 amide bonds. The number of hydrogen-bond donors (Lipinski definition) is 1. The third-order valence-electron chi connectivity index (χ3n) is 9.97. The molecule has 4 aliphatic heterocycles. The van der Waals surface area contributed by atoms with Gasteiger partial charge in [0.15, 0.2) is 0 Å². The van der Waals surface area contributed by atoms with Crippen molar-refractivity contribution in [1.29, 1.82) is 0 Å². The van der Waals surface area contributed by atoms with E-state index in [1.807, 2.05) is 116 Å². The lowest BCUT2D eigenvalue weighted by atomic mass is 9.78. The highest BCUT2D eigenvalue weighted by molar-refractivity contribution is 8.02. The van der Waals surface area contributed by atoms with Crippen LogP contribution in [0.3, 0.4) is 0 Å². The normalized spacial score (nSPS) is 27.7. The summed E-state index contributed by atoms with van der Waals surface area (Å²) in [5, 5.41) is 10.6. The van der Waals surface area contributed by atoms with Crippen LogP contribution in [0.4, 0.5) is 5.69 Å². The van der Waals surface area contributed by atoms with Crippen molar-refractivity contribution < 1.29 is 19.5 Å². The van der Waals surface area contributed by atoms with Gasteiger partial charge in [0.25, 0.3) is 5.91 Å². The van der Waals surface area contributed by atoms with Gasteiger partial charge in [0, 0.05) is 30.6 Å². The Morgan fingerprint density at radius 3 is 2.30 bits per heavy atom. The summed E-state index contributed by atoms with van der Waals surface area (Å²) in [6.07, 6.45) is 8.55. The molecule has 7 rings (SSSR count). The molecule has 7 nitrogen and oxygen atoms in total. The maximum absolute atomic E-state index is 15.0. The van der Waals surface area contributed by atoms with E-state index in [9.17, 15) is 14.7 Å². The molecule has 0 bridgehead atoms. The van der Waals surface area contributed by atoms with Crippen LogP contribution in [0.25, 0.3) is 0 Å². The quantitative estimate of drug-likeness (QED) is 0.382. The smallest absolute Gasteiger partial charge is 0.251 e. The zero-order valence-electron chi connectivity index (χ0n) is 26.2. The third kappa shape index (κ3) is 5.08. The first-order valence-electron chi connectivity index (χ1n) is 16.0. The Balaban J connectivity index is 1.33. The van der Waals surface area contributed by atoms with Gasteiger partial charge in [0.1, 0.15) is 6.04 Å². The van der Waals surface area contributed by atoms with E-state index >= 15 is 4.79 Å². The molecular formula is C38H39N3O4S. The van der Waals surface area contributed by atoms with Crippen LogP contribution in [-0.4, -0.2) is 74.4 Å². The van der Waals surface area contributed by atoms with E-state index in [0.717, 1.165) is 27.9 Å². The van der Waals surface area contributed by atoms with Crippen LogP contribution in [0.5, 0.6) is 0 Å². The Hall–Kier alpha value is -4.14. The van der Waals surface area contributed by atoms with Crippen molar-refractivity contribution in [3.8, 4) is 0 Å². The molecule has 236 valence electrons. The number of fused-ring (bicyclic) bond motifs is 2. The number of anilines is 1. The molecule has 2 fully saturated rings. The molecule has 0 saturated carbocycles. The molecule has 8 heteroatoms. The molecule has 0 aromatic heterocycles. The van der Waals surface area contributed by atoms with Crippen LogP contribution >= 0.6 is 11.8 Å². The maximum Gasteiger partial charge on any atom is 0.251 e. The minimum Gasteiger partial charge on any atom is -0.394 e. The molecule has 0 aliphatic carbocycles. The monoisotopic (exact) mass is 633 g/mol. The SMILES string of the molecule is Cc1ccc(C)c(N2CC=C[C@]34S[C@@H]5C=CCN(Cc6ccccc6)C(=O)[C@@H]5[C@H]3C(=O)N([C@@H](CO)Cc3ccccc3)C4C2=O)c1. The van der Waals surface area contributed by atoms with E-state index in [1.54, 1.807) is 21.6 Å². The predicted molar refractivity (Wildman–Crippen MR) is 181 cm³/mol. The fraction of sp³-hybridized carbons (Fsp3) is 0.342. The van der Waals surface area contributed by atoms with E-state index in [0.29, 0.717) is 26.1 Å². The zero-order valence-corrected chi connectivity index (χ0v) is 27.0. The van der Waals surface area contributed by atoms with Crippen molar-refractivity contribution in [1.82, 2.24) is 9.80 Å². The van der Waals surface area contributed by atoms with Crippen LogP contribution in [0.2, 0.25) is 0 Å². The molecule has 4 heterocycles. The highest BCUT2D eigenvalue weighted by atomic mass is 32.2. The number of likely N-dealkylation sites (tertiary alicyclic amines) is 1. The largest absolute Gasteiger partial charge is 0.394 e. The first kappa shape index (κ1) is 30.5. The second kappa shape index (κ2) is 12.2. The number of rotatable bonds is 7. The van der Waals surface area contributed by atoms with Gasteiger partial charge in [-0.3, -0.25) is 14.4 Å². The first-order chi connectivity index (χ1) is 22.3. The molecule has 3 aromatic carbocycles. The second-order valence-corrected chi connectivity index (χ2v) is 14.4. The molecule has 2 saturated heterocycles. The second-order valence-electron chi connectivity index (χ2n) is 12.9. The van der Waals surface area contributed by atoms with Gasteiger partial charge in [0.2, 0.25) is 11.8 Å². The Bertz CT molecular complexity index is 1710. The average Bonchev–Trinajstić information content (AvgIpc) is 3.39. The fourth-order valence-corrected chi connectivity index (χ4v) is 9.82. The number of nitrogens with zero attached hydrogens (tertiary/aromatic N) is 3. The molecule has 1 N–H and O–H groups in total. The van der Waals surface area contributed by atoms with Gasteiger partial charge in [-0.15, -0.1) is 11.8 Å². The van der Waals surface area contributed by atoms with Gasteiger partial charge in [-0.1, -0.05) is 97.1 Å². The first-order valence-corrected chi connectivity index (χ1v) is 16.9. The number of benzene rings is 3. The van der Waals surface area contributed by atoms with Crippen molar-refractivity contribution in [3.63, 3.8) is 0 Å². The Morgan fingerprint density at radius 2 is 1.59 bits per heavy atom. The minimum absolute atomic E-state index is 0.0673. The highest BCUT2D eigenvalue weighted by Gasteiger charge is 2.71. The summed E-state index contributed by atoms with van der Waals surface area (Å²) < 4.78 is -0.962. The molecule has 6 atom stereocenters. The minimum atomic E-state index is -0.962. The van der Waals surface area contributed by atoms with Gasteiger partial charge < -0.3 is 19.8 Å². The molecule has 4 aliphatic rings. The lowest BCUT2D eigenvalue weighted by Crippen LogP contribution is -2.57. The van der Waals surface area contributed by atoms with E-state index < -0.39 is 28.7 Å². The van der Waals surface area contributed by atoms with Crippen molar-refractivity contribution in [3.05, 3.63) is 125 Å². The number of aryl methyl sites for hydroxylation is 2. The van der Waals surface area contributed by atoms with Gasteiger partial charge in [-0.2, -0.15) is 0 Å². The third-order valence-corrected chi connectivity index (χ3v) is 11.7. The predicted octanol–water partition coefficient (Wildman–Crippen LogP) is 4.71. The van der Waals surface area contributed by atoms with E-state index in [1.165, 1.54) is 0 Å². The molecular weight excluding hydrogens is 595 g/mol. The molecule has 0 radical (unpaired) electrons. The fourth-order valence-electron chi connectivity index (χ4n) is 7.83. The van der Waals surface area contributed by atoms with Crippen LogP contribution in [0.1, 0.15) is 22.3 Å². The number of hydrogen-bond acceptors (Lipinski definition) is 5. The van der Waals surface area contributed by atoms with E-state index in [4.69, 9.17) is 0 Å². The molecule has 1 spiro atoms. The van der Waals surface area contributed by atoms with Gasteiger partial charge in [0.05, 0.1) is 29.2 Å². The van der Waals surface area contributed by atoms with Crippen molar-refractivity contribution in [2.24, 2.45) is 11.8 Å². The topological polar surface area (TPSA) is 81.2 Å². The Morgan fingerprint density at radius 1 is 0.870 bits per heavy atom. The van der Waals surface area contributed by atoms with Crippen LogP contribution in [0.15, 0.2) is 103 Å². The van der Waals surface area contributed by atoms with Gasteiger partial charge >= 0.3 is 0 Å². The summed E-state index contributed by atoms with van der Waals surface area (Å²) in [5.41, 5.74) is 4.82. The summed E-state index contributed by atoms with van der Waals surface area (Å²) in [6.45, 7) is 4.97. The number of thioether (sulfide) groups is 1. The number of carbonyl (C=O) groups excluding carboxylic acids is 3. The summed E-state index contributed by atoms with van der Waals surface area (Å²) in [4.78, 5) is 49.7. The molecule has 46 heavy (non-hydrogen) atoms. The average molecular weight is 634 g/mol. The van der Waals surface area contributed by atoms with Crippen LogP contribution < -0.4 is 4.90 Å². The standard InChI is InChI=1S/C38H39N3O4S/c1-25-16-17-26(2)30(21-25)40-20-10-18-38-33(32-31(46-38)15-9-19-39(35(32)43)23-28-13-7-4-8-14-28)36(44)41(34(38)37(40)45)29(24-42)22-27-11-5-3-6-12-27/h3-18,21,29,31-34,42H,19-20,22-24H2,1-2H3/t29-,31-,32+,33+,34?,38+/m1/s1. The summed E-state index contributed by atoms with van der Waals surface area (Å²) >= 11 is 1.57. The van der Waals surface area contributed by atoms with Gasteiger partial charge in [-0.05, 0) is 48.6 Å². The highest BCUT2D eigenvalue weighted by Crippen LogP contribution is 2.61.